The summed E-state index contributed by atoms with van der Waals surface area (Å²) in [6, 6.07) is 21.1. The van der Waals surface area contributed by atoms with E-state index in [1.807, 2.05) is 48.5 Å². The third-order valence-electron chi connectivity index (χ3n) is 5.49. The second kappa shape index (κ2) is 9.36. The van der Waals surface area contributed by atoms with Crippen LogP contribution < -0.4 is 5.32 Å². The summed E-state index contributed by atoms with van der Waals surface area (Å²) in [5.74, 6) is -1.83. The van der Waals surface area contributed by atoms with Crippen LogP contribution in [-0.2, 0) is 9.53 Å². The number of rotatable bonds is 7. The van der Waals surface area contributed by atoms with Gasteiger partial charge in [0, 0.05) is 22.4 Å². The second-order valence-corrected chi connectivity index (χ2v) is 8.41. The lowest BCUT2D eigenvalue weighted by Crippen LogP contribution is -2.42. The van der Waals surface area contributed by atoms with Gasteiger partial charge in [-0.2, -0.15) is 0 Å². The lowest BCUT2D eigenvalue weighted by atomic mass is 9.98. The van der Waals surface area contributed by atoms with Gasteiger partial charge in [0.15, 0.2) is 5.78 Å². The van der Waals surface area contributed by atoms with Gasteiger partial charge in [0.05, 0.1) is 0 Å². The number of alkyl carbamates (subject to hydrolysis) is 1. The maximum absolute atomic E-state index is 12.4. The predicted octanol–water partition coefficient (Wildman–Crippen LogP) is 5.01. The Morgan fingerprint density at radius 2 is 1.47 bits per heavy atom. The van der Waals surface area contributed by atoms with Gasteiger partial charge < -0.3 is 15.2 Å². The molecule has 32 heavy (non-hydrogen) atoms. The number of halogens is 1. The number of carbonyl (C=O) groups is 3. The molecule has 6 nitrogen and oxygen atoms in total. The summed E-state index contributed by atoms with van der Waals surface area (Å²) in [4.78, 5) is 36.4. The number of nitrogens with one attached hydrogen (secondary N) is 1. The van der Waals surface area contributed by atoms with Crippen LogP contribution in [-0.4, -0.2) is 35.6 Å². The first-order chi connectivity index (χ1) is 15.4. The molecule has 0 aromatic heterocycles. The zero-order valence-electron chi connectivity index (χ0n) is 17.0. The lowest BCUT2D eigenvalue weighted by molar-refractivity contribution is -0.139. The molecule has 4 rings (SSSR count). The first-order valence-electron chi connectivity index (χ1n) is 10.1. The van der Waals surface area contributed by atoms with Gasteiger partial charge in [-0.1, -0.05) is 76.6 Å². The Morgan fingerprint density at radius 1 is 0.906 bits per heavy atom. The van der Waals surface area contributed by atoms with Crippen molar-refractivity contribution in [1.29, 1.82) is 0 Å². The van der Waals surface area contributed by atoms with Crippen molar-refractivity contribution in [3.05, 3.63) is 94.0 Å². The van der Waals surface area contributed by atoms with Crippen LogP contribution in [0, 0.1) is 0 Å². The minimum atomic E-state index is -1.39. The van der Waals surface area contributed by atoms with Crippen LogP contribution in [0.2, 0.25) is 0 Å². The molecule has 0 saturated carbocycles. The monoisotopic (exact) mass is 493 g/mol. The highest BCUT2D eigenvalue weighted by atomic mass is 79.9. The van der Waals surface area contributed by atoms with Gasteiger partial charge >= 0.3 is 12.1 Å². The first-order valence-corrected chi connectivity index (χ1v) is 10.9. The molecule has 2 N–H and O–H groups in total. The van der Waals surface area contributed by atoms with Crippen molar-refractivity contribution >= 4 is 33.8 Å². The Morgan fingerprint density at radius 3 is 2.03 bits per heavy atom. The van der Waals surface area contributed by atoms with Crippen LogP contribution in [0.1, 0.15) is 33.8 Å². The Bertz CT molecular complexity index is 1130. The number of aliphatic carboxylic acids is 1. The van der Waals surface area contributed by atoms with Crippen LogP contribution in [0.3, 0.4) is 0 Å². The molecule has 0 aliphatic heterocycles. The largest absolute Gasteiger partial charge is 0.480 e. The normalized spacial score (nSPS) is 13.0. The van der Waals surface area contributed by atoms with Crippen molar-refractivity contribution in [3.63, 3.8) is 0 Å². The fraction of sp³-hybridized carbons (Fsp3) is 0.160. The van der Waals surface area contributed by atoms with Crippen molar-refractivity contribution in [3.8, 4) is 11.1 Å². The third kappa shape index (κ3) is 4.57. The van der Waals surface area contributed by atoms with E-state index in [1.165, 1.54) is 0 Å². The van der Waals surface area contributed by atoms with E-state index >= 15 is 0 Å². The van der Waals surface area contributed by atoms with E-state index in [1.54, 1.807) is 24.3 Å². The van der Waals surface area contributed by atoms with Gasteiger partial charge in [0.25, 0.3) is 0 Å². The predicted molar refractivity (Wildman–Crippen MR) is 123 cm³/mol. The summed E-state index contributed by atoms with van der Waals surface area (Å²) in [7, 11) is 0. The molecule has 0 spiro atoms. The maximum Gasteiger partial charge on any atom is 0.407 e. The third-order valence-corrected chi connectivity index (χ3v) is 6.02. The molecular formula is C25H20BrNO5. The summed E-state index contributed by atoms with van der Waals surface area (Å²) in [5, 5.41) is 11.8. The first kappa shape index (κ1) is 21.8. The number of carboxylic acids is 1. The molecule has 1 aliphatic carbocycles. The number of hydrogen-bond acceptors (Lipinski definition) is 4. The van der Waals surface area contributed by atoms with Gasteiger partial charge in [-0.25, -0.2) is 9.59 Å². The van der Waals surface area contributed by atoms with Crippen LogP contribution in [0.25, 0.3) is 11.1 Å². The van der Waals surface area contributed by atoms with Crippen molar-refractivity contribution in [2.45, 2.75) is 18.4 Å². The lowest BCUT2D eigenvalue weighted by Gasteiger charge is -2.17. The average Bonchev–Trinajstić information content (AvgIpc) is 3.11. The number of ether oxygens (including phenoxy) is 1. The maximum atomic E-state index is 12.4. The molecule has 0 radical (unpaired) electrons. The molecule has 0 bridgehead atoms. The van der Waals surface area contributed by atoms with E-state index < -0.39 is 18.1 Å². The molecule has 1 atom stereocenters. The van der Waals surface area contributed by atoms with Crippen LogP contribution in [0.15, 0.2) is 77.3 Å². The fourth-order valence-electron chi connectivity index (χ4n) is 3.92. The number of amides is 1. The quantitative estimate of drug-likeness (QED) is 0.451. The molecule has 1 unspecified atom stereocenters. The van der Waals surface area contributed by atoms with E-state index in [9.17, 15) is 19.5 Å². The second-order valence-electron chi connectivity index (χ2n) is 7.49. The average molecular weight is 494 g/mol. The molecule has 3 aromatic carbocycles. The Hall–Kier alpha value is -3.45. The molecule has 162 valence electrons. The molecule has 0 heterocycles. The van der Waals surface area contributed by atoms with E-state index in [0.29, 0.717) is 5.56 Å². The molecule has 7 heteroatoms. The number of carbonyl (C=O) groups excluding carboxylic acids is 2. The van der Waals surface area contributed by atoms with E-state index in [2.05, 4.69) is 21.2 Å². The highest BCUT2D eigenvalue weighted by Crippen LogP contribution is 2.44. The zero-order chi connectivity index (χ0) is 22.7. The standard InChI is InChI=1S/C25H20BrNO5/c26-16-11-9-15(10-12-16)23(28)13-22(24(29)30)27-25(31)32-14-21-19-7-3-1-5-17(19)18-6-2-4-8-20(18)21/h1-12,21-22H,13-14H2,(H,27,31)(H,29,30). The molecule has 0 fully saturated rings. The molecular weight excluding hydrogens is 474 g/mol. The minimum absolute atomic E-state index is 0.0624. The molecule has 0 saturated heterocycles. The Balaban J connectivity index is 1.41. The number of Topliss-reactive ketones (excluding diaryl/α,β-unsaturated/α-hetero) is 1. The summed E-state index contributed by atoms with van der Waals surface area (Å²) in [6.45, 7) is 0.0624. The number of fused-ring (bicyclic) bond motifs is 3. The number of carboxylic acid groups (broad SMARTS) is 1. The number of benzene rings is 3. The Kier molecular flexibility index (Phi) is 6.37. The van der Waals surface area contributed by atoms with Crippen LogP contribution in [0.5, 0.6) is 0 Å². The topological polar surface area (TPSA) is 92.7 Å². The van der Waals surface area contributed by atoms with Gasteiger partial charge in [-0.05, 0) is 34.4 Å². The molecule has 3 aromatic rings. The fourth-order valence-corrected chi connectivity index (χ4v) is 4.19. The summed E-state index contributed by atoms with van der Waals surface area (Å²) in [6.07, 6.45) is -1.25. The van der Waals surface area contributed by atoms with Crippen LogP contribution in [0.4, 0.5) is 4.79 Å². The van der Waals surface area contributed by atoms with E-state index in [4.69, 9.17) is 4.74 Å². The van der Waals surface area contributed by atoms with Crippen molar-refractivity contribution in [2.75, 3.05) is 6.61 Å². The van der Waals surface area contributed by atoms with Gasteiger partial charge in [0.1, 0.15) is 12.6 Å². The summed E-state index contributed by atoms with van der Waals surface area (Å²) in [5.41, 5.74) is 4.68. The zero-order valence-corrected chi connectivity index (χ0v) is 18.5. The van der Waals surface area contributed by atoms with Gasteiger partial charge in [0.2, 0.25) is 0 Å². The van der Waals surface area contributed by atoms with Gasteiger partial charge in [-0.15, -0.1) is 0 Å². The van der Waals surface area contributed by atoms with E-state index in [0.717, 1.165) is 26.7 Å². The summed E-state index contributed by atoms with van der Waals surface area (Å²) >= 11 is 3.29. The Labute approximate surface area is 193 Å². The van der Waals surface area contributed by atoms with Crippen molar-refractivity contribution in [2.24, 2.45) is 0 Å². The molecule has 1 aliphatic rings. The number of ketones is 1. The highest BCUT2D eigenvalue weighted by molar-refractivity contribution is 9.10. The minimum Gasteiger partial charge on any atom is -0.480 e. The SMILES string of the molecule is O=C(NC(CC(=O)c1ccc(Br)cc1)C(=O)O)OCC1c2ccccc2-c2ccccc21. The highest BCUT2D eigenvalue weighted by Gasteiger charge is 2.30. The smallest absolute Gasteiger partial charge is 0.407 e. The van der Waals surface area contributed by atoms with E-state index in [-0.39, 0.29) is 24.7 Å². The summed E-state index contributed by atoms with van der Waals surface area (Å²) < 4.78 is 6.20. The number of hydrogen-bond donors (Lipinski definition) is 2. The van der Waals surface area contributed by atoms with Crippen molar-refractivity contribution in [1.82, 2.24) is 5.32 Å². The molecule has 1 amide bonds. The van der Waals surface area contributed by atoms with Gasteiger partial charge in [-0.3, -0.25) is 4.79 Å². The van der Waals surface area contributed by atoms with Crippen molar-refractivity contribution < 1.29 is 24.2 Å². The van der Waals surface area contributed by atoms with Crippen LogP contribution >= 0.6 is 15.9 Å².